The summed E-state index contributed by atoms with van der Waals surface area (Å²) in [5.74, 6) is 0.441. The summed E-state index contributed by atoms with van der Waals surface area (Å²) in [6.07, 6.45) is 5.00. The van der Waals surface area contributed by atoms with Gasteiger partial charge >= 0.3 is 0 Å². The van der Waals surface area contributed by atoms with Crippen LogP contribution in [0.2, 0.25) is 0 Å². The molecule has 1 amide bonds. The molecule has 2 atom stereocenters. The van der Waals surface area contributed by atoms with Crippen molar-refractivity contribution in [1.29, 1.82) is 0 Å². The minimum Gasteiger partial charge on any atom is -0.399 e. The largest absolute Gasteiger partial charge is 0.399 e. The number of carbonyl (C=O) groups is 1. The van der Waals surface area contributed by atoms with E-state index >= 15 is 0 Å². The first kappa shape index (κ1) is 10.9. The molecule has 1 aromatic heterocycles. The van der Waals surface area contributed by atoms with Crippen molar-refractivity contribution in [1.82, 2.24) is 10.3 Å². The highest BCUT2D eigenvalue weighted by atomic mass is 16.1. The molecular weight excluding hydrogens is 202 g/mol. The Balaban J connectivity index is 2.03. The monoisotopic (exact) mass is 219 g/mol. The van der Waals surface area contributed by atoms with Gasteiger partial charge in [-0.3, -0.25) is 9.78 Å². The van der Waals surface area contributed by atoms with Crippen LogP contribution >= 0.6 is 0 Å². The summed E-state index contributed by atoms with van der Waals surface area (Å²) >= 11 is 0. The lowest BCUT2D eigenvalue weighted by Crippen LogP contribution is -2.36. The number of hydrogen-bond acceptors (Lipinski definition) is 3. The molecule has 0 radical (unpaired) electrons. The first-order chi connectivity index (χ1) is 7.66. The Hall–Kier alpha value is -1.58. The number of nitrogens with zero attached hydrogens (tertiary/aromatic N) is 1. The normalized spacial score (nSPS) is 24.3. The van der Waals surface area contributed by atoms with E-state index in [0.717, 1.165) is 6.42 Å². The molecule has 3 N–H and O–H groups in total. The van der Waals surface area contributed by atoms with Gasteiger partial charge in [-0.2, -0.15) is 0 Å². The third-order valence-electron chi connectivity index (χ3n) is 3.19. The Morgan fingerprint density at radius 3 is 3.00 bits per heavy atom. The van der Waals surface area contributed by atoms with E-state index in [0.29, 0.717) is 17.3 Å². The van der Waals surface area contributed by atoms with Crippen LogP contribution in [0, 0.1) is 5.92 Å². The topological polar surface area (TPSA) is 68.0 Å². The van der Waals surface area contributed by atoms with Crippen LogP contribution in [0.3, 0.4) is 0 Å². The second-order valence-corrected chi connectivity index (χ2v) is 4.46. The van der Waals surface area contributed by atoms with Gasteiger partial charge in [-0.1, -0.05) is 13.3 Å². The first-order valence-electron chi connectivity index (χ1n) is 5.69. The molecule has 1 aromatic rings. The number of pyridine rings is 1. The van der Waals surface area contributed by atoms with Gasteiger partial charge < -0.3 is 11.1 Å². The average molecular weight is 219 g/mol. The van der Waals surface area contributed by atoms with E-state index in [1.54, 1.807) is 18.3 Å². The summed E-state index contributed by atoms with van der Waals surface area (Å²) < 4.78 is 0. The van der Waals surface area contributed by atoms with Crippen LogP contribution in [0.1, 0.15) is 36.7 Å². The van der Waals surface area contributed by atoms with Gasteiger partial charge in [0.2, 0.25) is 0 Å². The summed E-state index contributed by atoms with van der Waals surface area (Å²) in [5.41, 5.74) is 6.58. The third kappa shape index (κ3) is 2.32. The minimum atomic E-state index is -0.119. The van der Waals surface area contributed by atoms with Crippen LogP contribution in [0.15, 0.2) is 18.3 Å². The summed E-state index contributed by atoms with van der Waals surface area (Å²) in [6.45, 7) is 2.17. The zero-order valence-electron chi connectivity index (χ0n) is 9.44. The van der Waals surface area contributed by atoms with Crippen molar-refractivity contribution in [3.05, 3.63) is 24.0 Å². The van der Waals surface area contributed by atoms with Crippen molar-refractivity contribution in [2.45, 2.75) is 32.2 Å². The van der Waals surface area contributed by atoms with Gasteiger partial charge in [-0.25, -0.2) is 0 Å². The van der Waals surface area contributed by atoms with Crippen molar-refractivity contribution in [3.63, 3.8) is 0 Å². The molecule has 4 heteroatoms. The molecule has 86 valence electrons. The molecule has 1 aliphatic carbocycles. The molecule has 0 aromatic carbocycles. The quantitative estimate of drug-likeness (QED) is 0.793. The molecule has 0 spiro atoms. The molecular formula is C12H17N3O. The lowest BCUT2D eigenvalue weighted by Gasteiger charge is -2.16. The molecule has 2 rings (SSSR count). The maximum Gasteiger partial charge on any atom is 0.270 e. The van der Waals surface area contributed by atoms with Crippen LogP contribution in [0.5, 0.6) is 0 Å². The zero-order chi connectivity index (χ0) is 11.5. The highest BCUT2D eigenvalue weighted by molar-refractivity contribution is 5.93. The number of amides is 1. The number of rotatable bonds is 2. The van der Waals surface area contributed by atoms with Crippen LogP contribution in [0.25, 0.3) is 0 Å². The van der Waals surface area contributed by atoms with E-state index < -0.39 is 0 Å². The van der Waals surface area contributed by atoms with Crippen LogP contribution in [0.4, 0.5) is 5.69 Å². The fourth-order valence-corrected chi connectivity index (χ4v) is 2.17. The Morgan fingerprint density at radius 1 is 1.56 bits per heavy atom. The summed E-state index contributed by atoms with van der Waals surface area (Å²) in [7, 11) is 0. The average Bonchev–Trinajstić information content (AvgIpc) is 2.64. The molecule has 1 aliphatic rings. The minimum absolute atomic E-state index is 0.119. The fraction of sp³-hybridized carbons (Fsp3) is 0.500. The van der Waals surface area contributed by atoms with Gasteiger partial charge in [0.25, 0.3) is 5.91 Å². The maximum atomic E-state index is 11.9. The third-order valence-corrected chi connectivity index (χ3v) is 3.19. The molecule has 0 aliphatic heterocycles. The van der Waals surface area contributed by atoms with Gasteiger partial charge in [0.05, 0.1) is 0 Å². The van der Waals surface area contributed by atoms with Crippen molar-refractivity contribution >= 4 is 11.6 Å². The lowest BCUT2D eigenvalue weighted by atomic mass is 10.1. The van der Waals surface area contributed by atoms with Crippen molar-refractivity contribution in [2.24, 2.45) is 5.92 Å². The molecule has 0 saturated heterocycles. The summed E-state index contributed by atoms with van der Waals surface area (Å²) in [5, 5.41) is 3.02. The summed E-state index contributed by atoms with van der Waals surface area (Å²) in [4.78, 5) is 15.9. The van der Waals surface area contributed by atoms with Crippen LogP contribution in [-0.4, -0.2) is 16.9 Å². The first-order valence-corrected chi connectivity index (χ1v) is 5.69. The van der Waals surface area contributed by atoms with Gasteiger partial charge in [-0.05, 0) is 30.9 Å². The molecule has 1 fully saturated rings. The van der Waals surface area contributed by atoms with Gasteiger partial charge in [-0.15, -0.1) is 0 Å². The fourth-order valence-electron chi connectivity index (χ4n) is 2.17. The number of nitrogens with one attached hydrogen (secondary N) is 1. The number of nitrogens with two attached hydrogens (primary N) is 1. The number of carbonyl (C=O) groups excluding carboxylic acids is 1. The van der Waals surface area contributed by atoms with Gasteiger partial charge in [0.15, 0.2) is 0 Å². The van der Waals surface area contributed by atoms with Crippen LogP contribution < -0.4 is 11.1 Å². The van der Waals surface area contributed by atoms with Gasteiger partial charge in [0, 0.05) is 17.9 Å². The van der Waals surface area contributed by atoms with Crippen molar-refractivity contribution in [3.8, 4) is 0 Å². The maximum absolute atomic E-state index is 11.9. The molecule has 4 nitrogen and oxygen atoms in total. The van der Waals surface area contributed by atoms with E-state index in [1.807, 2.05) is 0 Å². The predicted molar refractivity (Wildman–Crippen MR) is 62.9 cm³/mol. The van der Waals surface area contributed by atoms with E-state index in [9.17, 15) is 4.79 Å². The Labute approximate surface area is 95.3 Å². The highest BCUT2D eigenvalue weighted by Gasteiger charge is 2.25. The van der Waals surface area contributed by atoms with E-state index in [-0.39, 0.29) is 11.9 Å². The molecule has 16 heavy (non-hydrogen) atoms. The summed E-state index contributed by atoms with van der Waals surface area (Å²) in [6, 6.07) is 3.57. The van der Waals surface area contributed by atoms with Crippen molar-refractivity contribution < 1.29 is 4.79 Å². The van der Waals surface area contributed by atoms with E-state index in [2.05, 4.69) is 17.2 Å². The second kappa shape index (κ2) is 4.51. The molecule has 0 bridgehead atoms. The van der Waals surface area contributed by atoms with E-state index in [4.69, 9.17) is 5.73 Å². The molecule has 1 saturated carbocycles. The highest BCUT2D eigenvalue weighted by Crippen LogP contribution is 2.24. The predicted octanol–water partition coefficient (Wildman–Crippen LogP) is 1.58. The Kier molecular flexibility index (Phi) is 3.08. The lowest BCUT2D eigenvalue weighted by molar-refractivity contribution is 0.0924. The van der Waals surface area contributed by atoms with E-state index in [1.165, 1.54) is 12.8 Å². The Morgan fingerprint density at radius 2 is 2.38 bits per heavy atom. The van der Waals surface area contributed by atoms with Gasteiger partial charge in [0.1, 0.15) is 5.69 Å². The number of anilines is 1. The Bertz CT molecular complexity index is 392. The number of nitrogen functional groups attached to an aromatic ring is 1. The number of hydrogen-bond donors (Lipinski definition) is 2. The molecule has 2 unspecified atom stereocenters. The van der Waals surface area contributed by atoms with Crippen LogP contribution in [-0.2, 0) is 0 Å². The smallest absolute Gasteiger partial charge is 0.270 e. The SMILES string of the molecule is CC1CCCC1NC(=O)c1cc(N)ccn1. The zero-order valence-corrected chi connectivity index (χ0v) is 9.44. The van der Waals surface area contributed by atoms with Crippen molar-refractivity contribution in [2.75, 3.05) is 5.73 Å². The standard InChI is InChI=1S/C12H17N3O/c1-8-3-2-4-10(8)15-12(16)11-7-9(13)5-6-14-11/h5-8,10H,2-4H2,1H3,(H2,13,14)(H,15,16). The molecule has 1 heterocycles. The number of aromatic nitrogens is 1. The second-order valence-electron chi connectivity index (χ2n) is 4.46.